The first-order valence-electron chi connectivity index (χ1n) is 6.37. The van der Waals surface area contributed by atoms with E-state index in [2.05, 4.69) is 15.0 Å². The van der Waals surface area contributed by atoms with Gasteiger partial charge in [-0.2, -0.15) is 18.2 Å². The molecule has 0 N–H and O–H groups in total. The highest BCUT2D eigenvalue weighted by Gasteiger charge is 2.31. The molecule has 0 aliphatic rings. The van der Waals surface area contributed by atoms with Crippen molar-refractivity contribution in [2.75, 3.05) is 7.11 Å². The number of fused-ring (bicyclic) bond motifs is 1. The van der Waals surface area contributed by atoms with E-state index in [1.807, 2.05) is 0 Å². The zero-order valence-corrected chi connectivity index (χ0v) is 11.7. The molecule has 2 aromatic heterocycles. The van der Waals surface area contributed by atoms with Crippen molar-refractivity contribution in [3.63, 3.8) is 0 Å². The lowest BCUT2D eigenvalue weighted by molar-refractivity contribution is -0.137. The van der Waals surface area contributed by atoms with Gasteiger partial charge in [-0.1, -0.05) is 6.07 Å². The molecule has 1 aromatic carbocycles. The van der Waals surface area contributed by atoms with E-state index in [1.54, 1.807) is 0 Å². The van der Waals surface area contributed by atoms with E-state index < -0.39 is 17.3 Å². The number of hydrogen-bond donors (Lipinski definition) is 0. The van der Waals surface area contributed by atoms with E-state index in [9.17, 15) is 18.0 Å². The van der Waals surface area contributed by atoms with Crippen molar-refractivity contribution < 1.29 is 17.9 Å². The molecule has 0 atom stereocenters. The fourth-order valence-electron chi connectivity index (χ4n) is 2.08. The minimum Gasteiger partial charge on any atom is -0.468 e. The first-order chi connectivity index (χ1) is 10.9. The molecule has 0 bridgehead atoms. The molecule has 0 saturated carbocycles. The molecule has 0 fully saturated rings. The van der Waals surface area contributed by atoms with Crippen LogP contribution in [0, 0.1) is 0 Å². The largest absolute Gasteiger partial charge is 0.468 e. The maximum Gasteiger partial charge on any atom is 0.416 e. The summed E-state index contributed by atoms with van der Waals surface area (Å²) in [5.41, 5.74) is -1.59. The van der Waals surface area contributed by atoms with Crippen LogP contribution in [-0.4, -0.2) is 26.6 Å². The van der Waals surface area contributed by atoms with Crippen LogP contribution < -0.4 is 10.3 Å². The molecule has 0 amide bonds. The second-order valence-electron chi connectivity index (χ2n) is 4.52. The van der Waals surface area contributed by atoms with Crippen molar-refractivity contribution in [1.29, 1.82) is 0 Å². The Bertz CT molecular complexity index is 937. The molecule has 3 rings (SSSR count). The molecule has 6 nitrogen and oxygen atoms in total. The number of ether oxygens (including phenoxy) is 1. The Kier molecular flexibility index (Phi) is 3.47. The van der Waals surface area contributed by atoms with Crippen LogP contribution >= 0.6 is 0 Å². The third-order valence-electron chi connectivity index (χ3n) is 3.09. The van der Waals surface area contributed by atoms with Crippen LogP contribution in [0.25, 0.3) is 16.9 Å². The SMILES string of the molecule is COc1nc2nccnc2c(=O)n1-c1cccc(C(F)(F)F)c1. The minimum atomic E-state index is -4.53. The van der Waals surface area contributed by atoms with Crippen LogP contribution in [0.5, 0.6) is 6.01 Å². The van der Waals surface area contributed by atoms with Crippen molar-refractivity contribution >= 4 is 11.2 Å². The topological polar surface area (TPSA) is 69.9 Å². The fourth-order valence-corrected chi connectivity index (χ4v) is 2.08. The van der Waals surface area contributed by atoms with E-state index in [-0.39, 0.29) is 22.9 Å². The number of nitrogens with zero attached hydrogens (tertiary/aromatic N) is 4. The fraction of sp³-hybridized carbons (Fsp3) is 0.143. The Morgan fingerprint density at radius 2 is 1.91 bits per heavy atom. The summed E-state index contributed by atoms with van der Waals surface area (Å²) in [6, 6.07) is 4.12. The van der Waals surface area contributed by atoms with Crippen molar-refractivity contribution in [1.82, 2.24) is 19.5 Å². The first kappa shape index (κ1) is 14.9. The monoisotopic (exact) mass is 322 g/mol. The Morgan fingerprint density at radius 3 is 2.61 bits per heavy atom. The normalized spacial score (nSPS) is 11.7. The van der Waals surface area contributed by atoms with Gasteiger partial charge in [-0.25, -0.2) is 14.5 Å². The molecular weight excluding hydrogens is 313 g/mol. The van der Waals surface area contributed by atoms with Gasteiger partial charge in [0.25, 0.3) is 5.56 Å². The summed E-state index contributed by atoms with van der Waals surface area (Å²) in [4.78, 5) is 24.3. The highest BCUT2D eigenvalue weighted by molar-refractivity contribution is 5.68. The number of benzene rings is 1. The van der Waals surface area contributed by atoms with Crippen LogP contribution in [0.3, 0.4) is 0 Å². The van der Waals surface area contributed by atoms with Gasteiger partial charge < -0.3 is 4.74 Å². The lowest BCUT2D eigenvalue weighted by Gasteiger charge is -2.13. The van der Waals surface area contributed by atoms with Gasteiger partial charge in [0.2, 0.25) is 0 Å². The molecule has 2 heterocycles. The van der Waals surface area contributed by atoms with Gasteiger partial charge in [0.15, 0.2) is 11.2 Å². The van der Waals surface area contributed by atoms with E-state index in [0.29, 0.717) is 0 Å². The zero-order valence-electron chi connectivity index (χ0n) is 11.7. The van der Waals surface area contributed by atoms with Gasteiger partial charge in [-0.05, 0) is 18.2 Å². The second-order valence-corrected chi connectivity index (χ2v) is 4.52. The molecule has 3 aromatic rings. The first-order valence-corrected chi connectivity index (χ1v) is 6.37. The van der Waals surface area contributed by atoms with Crippen molar-refractivity contribution in [3.05, 3.63) is 52.6 Å². The van der Waals surface area contributed by atoms with Crippen LogP contribution in [-0.2, 0) is 6.18 Å². The Balaban J connectivity index is 2.32. The van der Waals surface area contributed by atoms with Crippen molar-refractivity contribution in [2.24, 2.45) is 0 Å². The van der Waals surface area contributed by atoms with Gasteiger partial charge in [-0.15, -0.1) is 0 Å². The quantitative estimate of drug-likeness (QED) is 0.723. The number of halogens is 3. The summed E-state index contributed by atoms with van der Waals surface area (Å²) < 4.78 is 44.5. The predicted octanol–water partition coefficient (Wildman–Crippen LogP) is 2.20. The third kappa shape index (κ3) is 2.60. The summed E-state index contributed by atoms with van der Waals surface area (Å²) in [5, 5.41) is 0. The molecule has 0 spiro atoms. The van der Waals surface area contributed by atoms with Crippen LogP contribution in [0.2, 0.25) is 0 Å². The Morgan fingerprint density at radius 1 is 1.17 bits per heavy atom. The molecule has 0 aliphatic carbocycles. The van der Waals surface area contributed by atoms with Crippen LogP contribution in [0.1, 0.15) is 5.56 Å². The number of hydrogen-bond acceptors (Lipinski definition) is 5. The number of aromatic nitrogens is 4. The average Bonchev–Trinajstić information content (AvgIpc) is 2.54. The molecule has 118 valence electrons. The van der Waals surface area contributed by atoms with E-state index in [4.69, 9.17) is 4.74 Å². The lowest BCUT2D eigenvalue weighted by Crippen LogP contribution is -2.23. The van der Waals surface area contributed by atoms with E-state index in [0.717, 1.165) is 16.7 Å². The van der Waals surface area contributed by atoms with Crippen LogP contribution in [0.15, 0.2) is 41.5 Å². The standard InChI is InChI=1S/C14H9F3N4O2/c1-23-13-20-11-10(18-5-6-19-11)12(22)21(13)9-4-2-3-8(7-9)14(15,16)17/h2-7H,1H3. The number of rotatable bonds is 2. The van der Waals surface area contributed by atoms with Crippen molar-refractivity contribution in [3.8, 4) is 11.7 Å². The third-order valence-corrected chi connectivity index (χ3v) is 3.09. The highest BCUT2D eigenvalue weighted by Crippen LogP contribution is 2.30. The summed E-state index contributed by atoms with van der Waals surface area (Å²) in [6.07, 6.45) is -1.88. The highest BCUT2D eigenvalue weighted by atomic mass is 19.4. The molecule has 0 saturated heterocycles. The predicted molar refractivity (Wildman–Crippen MR) is 74.5 cm³/mol. The maximum absolute atomic E-state index is 12.9. The summed E-state index contributed by atoms with van der Waals surface area (Å²) in [7, 11) is 1.26. The van der Waals surface area contributed by atoms with Crippen LogP contribution in [0.4, 0.5) is 13.2 Å². The summed E-state index contributed by atoms with van der Waals surface area (Å²) in [5.74, 6) is 0. The zero-order chi connectivity index (χ0) is 16.6. The molecule has 9 heteroatoms. The van der Waals surface area contributed by atoms with Gasteiger partial charge >= 0.3 is 12.2 Å². The van der Waals surface area contributed by atoms with E-state index >= 15 is 0 Å². The number of methoxy groups -OCH3 is 1. The van der Waals surface area contributed by atoms with Gasteiger partial charge in [0.05, 0.1) is 18.4 Å². The lowest BCUT2D eigenvalue weighted by atomic mass is 10.2. The number of alkyl halides is 3. The second kappa shape index (κ2) is 5.34. The summed E-state index contributed by atoms with van der Waals surface area (Å²) in [6.45, 7) is 0. The smallest absolute Gasteiger partial charge is 0.416 e. The molecule has 23 heavy (non-hydrogen) atoms. The minimum absolute atomic E-state index is 0.0262. The van der Waals surface area contributed by atoms with Gasteiger partial charge in [0, 0.05) is 12.4 Å². The average molecular weight is 322 g/mol. The van der Waals surface area contributed by atoms with Gasteiger partial charge in [-0.3, -0.25) is 4.79 Å². The van der Waals surface area contributed by atoms with Gasteiger partial charge in [0.1, 0.15) is 0 Å². The Hall–Kier alpha value is -2.97. The molecule has 0 unspecified atom stereocenters. The van der Waals surface area contributed by atoms with E-state index in [1.165, 1.54) is 31.6 Å². The summed E-state index contributed by atoms with van der Waals surface area (Å²) >= 11 is 0. The maximum atomic E-state index is 12.9. The Labute approximate surface area is 127 Å². The molecule has 0 radical (unpaired) electrons. The molecule has 0 aliphatic heterocycles. The molecular formula is C14H9F3N4O2. The van der Waals surface area contributed by atoms with Crippen molar-refractivity contribution in [2.45, 2.75) is 6.18 Å².